The van der Waals surface area contributed by atoms with Crippen LogP contribution in [0.1, 0.15) is 32.1 Å². The number of carboxylic acids is 1. The Kier molecular flexibility index (Phi) is 2.92. The first kappa shape index (κ1) is 11.8. The molecule has 2 unspecified atom stereocenters. The molecule has 0 spiro atoms. The number of urea groups is 1. The van der Waals surface area contributed by atoms with Crippen LogP contribution in [0.4, 0.5) is 4.79 Å². The van der Waals surface area contributed by atoms with E-state index in [-0.39, 0.29) is 11.9 Å². The molecule has 2 amide bonds. The van der Waals surface area contributed by atoms with Crippen LogP contribution in [0, 0.1) is 11.8 Å². The van der Waals surface area contributed by atoms with Crippen LogP contribution in [0.3, 0.4) is 0 Å². The quantitative estimate of drug-likeness (QED) is 0.767. The van der Waals surface area contributed by atoms with Crippen molar-refractivity contribution in [1.29, 1.82) is 0 Å². The van der Waals surface area contributed by atoms with Crippen molar-refractivity contribution >= 4 is 12.0 Å². The van der Waals surface area contributed by atoms with Crippen LogP contribution in [-0.2, 0) is 4.79 Å². The third-order valence-corrected chi connectivity index (χ3v) is 4.74. The van der Waals surface area contributed by atoms with Gasteiger partial charge in [-0.3, -0.25) is 4.79 Å². The molecule has 3 rings (SSSR count). The number of hydrogen-bond donors (Lipinski definition) is 1. The van der Waals surface area contributed by atoms with E-state index in [0.717, 1.165) is 19.4 Å². The van der Waals surface area contributed by atoms with Crippen LogP contribution in [-0.4, -0.2) is 52.6 Å². The van der Waals surface area contributed by atoms with Crippen LogP contribution in [0.2, 0.25) is 0 Å². The summed E-state index contributed by atoms with van der Waals surface area (Å²) in [6.45, 7) is 1.64. The van der Waals surface area contributed by atoms with E-state index in [0.29, 0.717) is 25.0 Å². The second kappa shape index (κ2) is 4.44. The number of carboxylic acid groups (broad SMARTS) is 1. The maximum atomic E-state index is 12.4. The molecule has 2 saturated heterocycles. The highest BCUT2D eigenvalue weighted by molar-refractivity contribution is 5.80. The summed E-state index contributed by atoms with van der Waals surface area (Å²) in [5, 5.41) is 8.84. The van der Waals surface area contributed by atoms with Crippen LogP contribution in [0.25, 0.3) is 0 Å². The van der Waals surface area contributed by atoms with Crippen molar-refractivity contribution in [3.63, 3.8) is 0 Å². The molecule has 2 atom stereocenters. The monoisotopic (exact) mass is 252 g/mol. The highest BCUT2D eigenvalue weighted by Gasteiger charge is 2.43. The normalized spacial score (nSPS) is 32.0. The molecule has 0 radical (unpaired) electrons. The van der Waals surface area contributed by atoms with Gasteiger partial charge in [-0.2, -0.15) is 0 Å². The molecule has 0 aromatic heterocycles. The Morgan fingerprint density at radius 3 is 2.50 bits per heavy atom. The molecule has 1 saturated carbocycles. The Morgan fingerprint density at radius 1 is 1.06 bits per heavy atom. The highest BCUT2D eigenvalue weighted by Crippen LogP contribution is 2.37. The van der Waals surface area contributed by atoms with E-state index in [4.69, 9.17) is 5.11 Å². The molecule has 2 aliphatic heterocycles. The number of piperidine rings is 1. The number of hydrogen-bond acceptors (Lipinski definition) is 2. The lowest BCUT2D eigenvalue weighted by atomic mass is 9.92. The number of carbonyl (C=O) groups excluding carboxylic acids is 1. The standard InChI is InChI=1S/C13H20N2O3/c16-12(17)10-7-14(8-10)13(18)15-6-2-4-9-3-1-5-11(9)15/h9-11H,1-8H2,(H,16,17). The number of nitrogens with zero attached hydrogens (tertiary/aromatic N) is 2. The van der Waals surface area contributed by atoms with Crippen molar-refractivity contribution in [3.8, 4) is 0 Å². The van der Waals surface area contributed by atoms with Crippen LogP contribution < -0.4 is 0 Å². The minimum absolute atomic E-state index is 0.0732. The molecule has 100 valence electrons. The molecule has 18 heavy (non-hydrogen) atoms. The lowest BCUT2D eigenvalue weighted by Crippen LogP contribution is -2.60. The van der Waals surface area contributed by atoms with E-state index in [2.05, 4.69) is 0 Å². The number of likely N-dealkylation sites (tertiary alicyclic amines) is 2. The van der Waals surface area contributed by atoms with Gasteiger partial charge in [0.25, 0.3) is 0 Å². The summed E-state index contributed by atoms with van der Waals surface area (Å²) in [6.07, 6.45) is 5.98. The fourth-order valence-corrected chi connectivity index (χ4v) is 3.66. The fourth-order valence-electron chi connectivity index (χ4n) is 3.66. The first-order valence-electron chi connectivity index (χ1n) is 6.95. The maximum Gasteiger partial charge on any atom is 0.320 e. The first-order chi connectivity index (χ1) is 8.66. The summed E-state index contributed by atoms with van der Waals surface area (Å²) in [5.74, 6) is -0.436. The van der Waals surface area contributed by atoms with Gasteiger partial charge in [-0.05, 0) is 31.6 Å². The van der Waals surface area contributed by atoms with Crippen molar-refractivity contribution < 1.29 is 14.7 Å². The van der Waals surface area contributed by atoms with Crippen molar-refractivity contribution in [3.05, 3.63) is 0 Å². The lowest BCUT2D eigenvalue weighted by molar-refractivity contribution is -0.146. The Labute approximate surface area is 107 Å². The van der Waals surface area contributed by atoms with E-state index in [1.807, 2.05) is 4.90 Å². The van der Waals surface area contributed by atoms with Gasteiger partial charge >= 0.3 is 12.0 Å². The Bertz CT molecular complexity index is 365. The Hall–Kier alpha value is -1.26. The minimum Gasteiger partial charge on any atom is -0.481 e. The molecular formula is C13H20N2O3. The van der Waals surface area contributed by atoms with Crippen LogP contribution in [0.5, 0.6) is 0 Å². The van der Waals surface area contributed by atoms with E-state index < -0.39 is 5.97 Å². The van der Waals surface area contributed by atoms with Gasteiger partial charge < -0.3 is 14.9 Å². The molecule has 5 nitrogen and oxygen atoms in total. The predicted octanol–water partition coefficient (Wildman–Crippen LogP) is 1.39. The molecule has 0 aromatic carbocycles. The number of rotatable bonds is 1. The van der Waals surface area contributed by atoms with E-state index >= 15 is 0 Å². The van der Waals surface area contributed by atoms with Crippen molar-refractivity contribution in [2.75, 3.05) is 19.6 Å². The minimum atomic E-state index is -0.781. The summed E-state index contributed by atoms with van der Waals surface area (Å²) >= 11 is 0. The molecule has 1 N–H and O–H groups in total. The average Bonchev–Trinajstić information content (AvgIpc) is 2.73. The van der Waals surface area contributed by atoms with Gasteiger partial charge in [-0.1, -0.05) is 6.42 Å². The van der Waals surface area contributed by atoms with Gasteiger partial charge in [0.05, 0.1) is 5.92 Å². The molecule has 0 bridgehead atoms. The number of amides is 2. The van der Waals surface area contributed by atoms with Gasteiger partial charge in [0.1, 0.15) is 0 Å². The Morgan fingerprint density at radius 2 is 1.78 bits per heavy atom. The van der Waals surface area contributed by atoms with Crippen LogP contribution in [0.15, 0.2) is 0 Å². The van der Waals surface area contributed by atoms with Gasteiger partial charge in [-0.25, -0.2) is 4.79 Å². The number of aliphatic carboxylic acids is 1. The van der Waals surface area contributed by atoms with E-state index in [1.165, 1.54) is 19.3 Å². The molecular weight excluding hydrogens is 232 g/mol. The third kappa shape index (κ3) is 1.85. The summed E-state index contributed by atoms with van der Waals surface area (Å²) in [6, 6.07) is 0.499. The molecule has 1 aliphatic carbocycles. The second-order valence-electron chi connectivity index (χ2n) is 5.82. The fraction of sp³-hybridized carbons (Fsp3) is 0.846. The van der Waals surface area contributed by atoms with Crippen molar-refractivity contribution in [2.24, 2.45) is 11.8 Å². The Balaban J connectivity index is 1.61. The molecule has 0 aromatic rings. The topological polar surface area (TPSA) is 60.9 Å². The smallest absolute Gasteiger partial charge is 0.320 e. The van der Waals surface area contributed by atoms with Gasteiger partial charge in [0, 0.05) is 25.7 Å². The average molecular weight is 252 g/mol. The second-order valence-corrected chi connectivity index (χ2v) is 5.82. The van der Waals surface area contributed by atoms with Gasteiger partial charge in [-0.15, -0.1) is 0 Å². The summed E-state index contributed by atoms with van der Waals surface area (Å²) in [4.78, 5) is 26.8. The zero-order chi connectivity index (χ0) is 12.7. The largest absolute Gasteiger partial charge is 0.481 e. The molecule has 3 fully saturated rings. The SMILES string of the molecule is O=C(O)C1CN(C(=O)N2CCCC3CCCC32)C1. The number of fused-ring (bicyclic) bond motifs is 1. The maximum absolute atomic E-state index is 12.4. The van der Waals surface area contributed by atoms with Crippen LogP contribution >= 0.6 is 0 Å². The zero-order valence-corrected chi connectivity index (χ0v) is 10.5. The first-order valence-corrected chi connectivity index (χ1v) is 6.95. The zero-order valence-electron chi connectivity index (χ0n) is 10.5. The summed E-state index contributed by atoms with van der Waals surface area (Å²) in [7, 11) is 0. The summed E-state index contributed by atoms with van der Waals surface area (Å²) in [5.41, 5.74) is 0. The van der Waals surface area contributed by atoms with Gasteiger partial charge in [0.2, 0.25) is 0 Å². The predicted molar refractivity (Wildman–Crippen MR) is 65.2 cm³/mol. The van der Waals surface area contributed by atoms with E-state index in [1.54, 1.807) is 4.90 Å². The third-order valence-electron chi connectivity index (χ3n) is 4.74. The lowest BCUT2D eigenvalue weighted by Gasteiger charge is -2.44. The van der Waals surface area contributed by atoms with Crippen molar-refractivity contribution in [1.82, 2.24) is 9.80 Å². The number of carbonyl (C=O) groups is 2. The molecule has 5 heteroatoms. The highest BCUT2D eigenvalue weighted by atomic mass is 16.4. The summed E-state index contributed by atoms with van der Waals surface area (Å²) < 4.78 is 0. The molecule has 2 heterocycles. The van der Waals surface area contributed by atoms with Crippen molar-refractivity contribution in [2.45, 2.75) is 38.1 Å². The van der Waals surface area contributed by atoms with Gasteiger partial charge in [0.15, 0.2) is 0 Å². The van der Waals surface area contributed by atoms with E-state index in [9.17, 15) is 9.59 Å². The molecule has 3 aliphatic rings.